The molecule has 3 aromatic rings. The molecular formula is C25H35N7O2. The van der Waals surface area contributed by atoms with Gasteiger partial charge in [0.15, 0.2) is 6.29 Å². The molecule has 0 spiro atoms. The second kappa shape index (κ2) is 10.2. The Morgan fingerprint density at radius 1 is 1.15 bits per heavy atom. The van der Waals surface area contributed by atoms with Gasteiger partial charge < -0.3 is 24.3 Å². The zero-order chi connectivity index (χ0) is 23.5. The van der Waals surface area contributed by atoms with E-state index < -0.39 is 0 Å². The van der Waals surface area contributed by atoms with Crippen LogP contribution in [-0.2, 0) is 16.1 Å². The van der Waals surface area contributed by atoms with Crippen LogP contribution in [0.4, 0.5) is 17.6 Å². The molecule has 34 heavy (non-hydrogen) atoms. The molecule has 0 aliphatic carbocycles. The molecule has 0 bridgehead atoms. The van der Waals surface area contributed by atoms with Crippen LogP contribution in [0, 0.1) is 5.92 Å². The van der Waals surface area contributed by atoms with Gasteiger partial charge in [-0.2, -0.15) is 4.98 Å². The van der Waals surface area contributed by atoms with Crippen molar-refractivity contribution in [3.8, 4) is 0 Å². The van der Waals surface area contributed by atoms with Gasteiger partial charge in [0.2, 0.25) is 5.95 Å². The maximum Gasteiger partial charge on any atom is 0.227 e. The predicted molar refractivity (Wildman–Crippen MR) is 132 cm³/mol. The summed E-state index contributed by atoms with van der Waals surface area (Å²) in [6, 6.07) is 4.15. The first-order valence-electron chi connectivity index (χ1n) is 12.5. The molecule has 0 saturated carbocycles. The maximum absolute atomic E-state index is 6.03. The Morgan fingerprint density at radius 3 is 2.85 bits per heavy atom. The highest BCUT2D eigenvalue weighted by molar-refractivity contribution is 5.79. The summed E-state index contributed by atoms with van der Waals surface area (Å²) >= 11 is 0. The number of piperidine rings is 1. The molecule has 182 valence electrons. The largest absolute Gasteiger partial charge is 0.353 e. The third kappa shape index (κ3) is 5.15. The molecule has 2 atom stereocenters. The number of fused-ring (bicyclic) bond motifs is 1. The Bertz CT molecular complexity index is 1110. The van der Waals surface area contributed by atoms with E-state index in [2.05, 4.69) is 45.5 Å². The Morgan fingerprint density at radius 2 is 2.06 bits per heavy atom. The summed E-state index contributed by atoms with van der Waals surface area (Å²) in [5.74, 6) is 3.80. The van der Waals surface area contributed by atoms with Crippen molar-refractivity contribution in [1.82, 2.24) is 24.5 Å². The minimum Gasteiger partial charge on any atom is -0.353 e. The number of rotatable bonds is 7. The Hall–Kier alpha value is -2.78. The lowest BCUT2D eigenvalue weighted by atomic mass is 10.0. The molecule has 0 aromatic carbocycles. The average molecular weight is 466 g/mol. The van der Waals surface area contributed by atoms with Gasteiger partial charge in [0.1, 0.15) is 29.6 Å². The molecule has 5 rings (SSSR count). The van der Waals surface area contributed by atoms with Crippen molar-refractivity contribution in [1.29, 1.82) is 0 Å². The van der Waals surface area contributed by atoms with E-state index in [1.165, 1.54) is 12.8 Å². The van der Waals surface area contributed by atoms with E-state index in [-0.39, 0.29) is 12.3 Å². The van der Waals surface area contributed by atoms with E-state index in [4.69, 9.17) is 19.4 Å². The molecule has 2 aliphatic heterocycles. The fourth-order valence-corrected chi connectivity index (χ4v) is 4.88. The van der Waals surface area contributed by atoms with Gasteiger partial charge in [-0.3, -0.25) is 0 Å². The van der Waals surface area contributed by atoms with Crippen molar-refractivity contribution in [3.63, 3.8) is 0 Å². The predicted octanol–water partition coefficient (Wildman–Crippen LogP) is 4.83. The summed E-state index contributed by atoms with van der Waals surface area (Å²) < 4.78 is 14.0. The van der Waals surface area contributed by atoms with Crippen LogP contribution in [0.1, 0.15) is 64.7 Å². The average Bonchev–Trinajstić information content (AvgIpc) is 3.21. The summed E-state index contributed by atoms with van der Waals surface area (Å²) in [4.78, 5) is 20.9. The molecule has 2 fully saturated rings. The highest BCUT2D eigenvalue weighted by Crippen LogP contribution is 2.26. The van der Waals surface area contributed by atoms with Crippen molar-refractivity contribution in [2.75, 3.05) is 29.9 Å². The van der Waals surface area contributed by atoms with Crippen molar-refractivity contribution < 1.29 is 9.47 Å². The summed E-state index contributed by atoms with van der Waals surface area (Å²) in [6.45, 7) is 9.79. The first kappa shape index (κ1) is 23.0. The highest BCUT2D eigenvalue weighted by atomic mass is 16.7. The third-order valence-electron chi connectivity index (χ3n) is 6.54. The zero-order valence-corrected chi connectivity index (χ0v) is 20.4. The second-order valence-electron chi connectivity index (χ2n) is 9.72. The van der Waals surface area contributed by atoms with Crippen LogP contribution in [0.25, 0.3) is 11.0 Å². The molecular weight excluding hydrogens is 430 g/mol. The first-order chi connectivity index (χ1) is 16.6. The van der Waals surface area contributed by atoms with Crippen LogP contribution in [0.15, 0.2) is 24.5 Å². The van der Waals surface area contributed by atoms with Gasteiger partial charge in [-0.1, -0.05) is 6.92 Å². The lowest BCUT2D eigenvalue weighted by molar-refractivity contribution is -0.170. The smallest absolute Gasteiger partial charge is 0.227 e. The quantitative estimate of drug-likeness (QED) is 0.531. The molecule has 9 heteroatoms. The van der Waals surface area contributed by atoms with Gasteiger partial charge >= 0.3 is 0 Å². The molecule has 1 unspecified atom stereocenters. The number of aromatic nitrogens is 5. The van der Waals surface area contributed by atoms with Gasteiger partial charge in [-0.25, -0.2) is 15.0 Å². The van der Waals surface area contributed by atoms with Crippen LogP contribution in [0.5, 0.6) is 0 Å². The van der Waals surface area contributed by atoms with E-state index in [1.807, 2.05) is 24.5 Å². The molecule has 0 amide bonds. The van der Waals surface area contributed by atoms with E-state index in [1.54, 1.807) is 0 Å². The van der Waals surface area contributed by atoms with Crippen molar-refractivity contribution in [3.05, 3.63) is 30.4 Å². The fourth-order valence-electron chi connectivity index (χ4n) is 4.88. The first-order valence-corrected chi connectivity index (χ1v) is 12.5. The SMILES string of the molecule is CC(C)n1c(COC2CCCCO2)nc2cnc(Nc3ccnc(N4CCC[C@H](C)C4)n3)cc21. The Labute approximate surface area is 200 Å². The second-order valence-corrected chi connectivity index (χ2v) is 9.72. The van der Waals surface area contributed by atoms with Crippen molar-refractivity contribution in [2.45, 2.75) is 71.8 Å². The summed E-state index contributed by atoms with van der Waals surface area (Å²) in [5.41, 5.74) is 1.88. The summed E-state index contributed by atoms with van der Waals surface area (Å²) in [6.07, 6.45) is 9.12. The zero-order valence-electron chi connectivity index (χ0n) is 20.4. The number of anilines is 3. The van der Waals surface area contributed by atoms with Crippen LogP contribution < -0.4 is 10.2 Å². The van der Waals surface area contributed by atoms with Crippen molar-refractivity contribution in [2.24, 2.45) is 5.92 Å². The fraction of sp³-hybridized carbons (Fsp3) is 0.600. The number of hydrogen-bond donors (Lipinski definition) is 1. The van der Waals surface area contributed by atoms with E-state index in [0.717, 1.165) is 73.4 Å². The Balaban J connectivity index is 1.35. The minimum absolute atomic E-state index is 0.139. The molecule has 9 nitrogen and oxygen atoms in total. The lowest BCUT2D eigenvalue weighted by Gasteiger charge is -2.30. The standard InChI is InChI=1S/C25H35N7O2/c1-17(2)32-20-13-22(27-14-19(20)28-23(32)16-34-24-8-4-5-12-33-24)29-21-9-10-26-25(30-21)31-11-6-7-18(3)15-31/h9-10,13-14,17-18,24H,4-8,11-12,15-16H2,1-3H3,(H,26,27,29,30)/t18-,24?/m0/s1. The topological polar surface area (TPSA) is 90.2 Å². The number of imidazole rings is 1. The van der Waals surface area contributed by atoms with Gasteiger partial charge in [0.05, 0.1) is 11.7 Å². The molecule has 3 aromatic heterocycles. The number of nitrogens with one attached hydrogen (secondary N) is 1. The number of nitrogens with zero attached hydrogens (tertiary/aromatic N) is 6. The highest BCUT2D eigenvalue weighted by Gasteiger charge is 2.20. The van der Waals surface area contributed by atoms with Gasteiger partial charge in [-0.05, 0) is 57.9 Å². The normalized spacial score (nSPS) is 21.4. The van der Waals surface area contributed by atoms with E-state index in [0.29, 0.717) is 12.5 Å². The third-order valence-corrected chi connectivity index (χ3v) is 6.54. The number of ether oxygens (including phenoxy) is 2. The van der Waals surface area contributed by atoms with E-state index in [9.17, 15) is 0 Å². The molecule has 1 N–H and O–H groups in total. The van der Waals surface area contributed by atoms with Gasteiger partial charge in [0.25, 0.3) is 0 Å². The van der Waals surface area contributed by atoms with E-state index >= 15 is 0 Å². The van der Waals surface area contributed by atoms with Gasteiger partial charge in [0, 0.05) is 38.0 Å². The maximum atomic E-state index is 6.03. The Kier molecular flexibility index (Phi) is 6.92. The molecule has 0 radical (unpaired) electrons. The lowest BCUT2D eigenvalue weighted by Crippen LogP contribution is -2.35. The van der Waals surface area contributed by atoms with Crippen LogP contribution in [0.3, 0.4) is 0 Å². The number of hydrogen-bond acceptors (Lipinski definition) is 8. The van der Waals surface area contributed by atoms with Gasteiger partial charge in [-0.15, -0.1) is 0 Å². The summed E-state index contributed by atoms with van der Waals surface area (Å²) in [7, 11) is 0. The van der Waals surface area contributed by atoms with Crippen molar-refractivity contribution >= 4 is 28.6 Å². The van der Waals surface area contributed by atoms with Crippen LogP contribution >= 0.6 is 0 Å². The number of pyridine rings is 1. The van der Waals surface area contributed by atoms with Crippen LogP contribution in [-0.4, -0.2) is 50.5 Å². The summed E-state index contributed by atoms with van der Waals surface area (Å²) in [5, 5.41) is 3.36. The minimum atomic E-state index is -0.139. The van der Waals surface area contributed by atoms with Crippen LogP contribution in [0.2, 0.25) is 0 Å². The molecule has 5 heterocycles. The monoisotopic (exact) mass is 465 g/mol. The molecule has 2 aliphatic rings. The molecule has 2 saturated heterocycles.